The molecule has 26 heavy (non-hydrogen) atoms. The van der Waals surface area contributed by atoms with Gasteiger partial charge in [-0.05, 0) is 42.6 Å². The van der Waals surface area contributed by atoms with Gasteiger partial charge in [0.05, 0.1) is 13.7 Å². The largest absolute Gasteiger partial charge is 0.493 e. The number of carbonyl (C=O) groups is 1. The highest BCUT2D eigenvalue weighted by Gasteiger charge is 2.27. The van der Waals surface area contributed by atoms with Crippen molar-refractivity contribution in [2.24, 2.45) is 5.92 Å². The first kappa shape index (κ1) is 18.3. The third kappa shape index (κ3) is 4.17. The molecule has 138 valence electrons. The molecule has 0 bridgehead atoms. The molecule has 1 fully saturated rings. The van der Waals surface area contributed by atoms with Gasteiger partial charge in [0.15, 0.2) is 11.5 Å². The summed E-state index contributed by atoms with van der Waals surface area (Å²) in [5.74, 6) is 1.96. The lowest BCUT2D eigenvalue weighted by molar-refractivity contribution is 0.0962. The van der Waals surface area contributed by atoms with Crippen molar-refractivity contribution in [3.63, 3.8) is 0 Å². The summed E-state index contributed by atoms with van der Waals surface area (Å²) in [5, 5.41) is 6.08. The van der Waals surface area contributed by atoms with Crippen LogP contribution in [0, 0.1) is 5.92 Å². The zero-order valence-electron chi connectivity index (χ0n) is 15.3. The lowest BCUT2D eigenvalue weighted by atomic mass is 9.81. The molecule has 0 saturated carbocycles. The van der Waals surface area contributed by atoms with Gasteiger partial charge >= 0.3 is 0 Å². The van der Waals surface area contributed by atoms with E-state index in [-0.39, 0.29) is 5.91 Å². The van der Waals surface area contributed by atoms with Crippen molar-refractivity contribution >= 4 is 5.91 Å². The van der Waals surface area contributed by atoms with Crippen molar-refractivity contribution in [1.82, 2.24) is 10.6 Å². The molecule has 1 saturated heterocycles. The van der Waals surface area contributed by atoms with Gasteiger partial charge in [-0.3, -0.25) is 4.79 Å². The highest BCUT2D eigenvalue weighted by molar-refractivity contribution is 5.94. The highest BCUT2D eigenvalue weighted by atomic mass is 16.5. The molecule has 0 aromatic heterocycles. The van der Waals surface area contributed by atoms with E-state index in [4.69, 9.17) is 9.47 Å². The van der Waals surface area contributed by atoms with Gasteiger partial charge in [-0.2, -0.15) is 0 Å². The van der Waals surface area contributed by atoms with Gasteiger partial charge in [0, 0.05) is 25.1 Å². The number of piperidine rings is 1. The van der Waals surface area contributed by atoms with E-state index in [2.05, 4.69) is 41.0 Å². The minimum Gasteiger partial charge on any atom is -0.493 e. The lowest BCUT2D eigenvalue weighted by Gasteiger charge is -2.32. The van der Waals surface area contributed by atoms with Gasteiger partial charge in [0.2, 0.25) is 0 Å². The van der Waals surface area contributed by atoms with E-state index < -0.39 is 0 Å². The van der Waals surface area contributed by atoms with E-state index in [1.165, 1.54) is 5.56 Å². The molecule has 1 aliphatic rings. The van der Waals surface area contributed by atoms with Crippen LogP contribution in [0.3, 0.4) is 0 Å². The van der Waals surface area contributed by atoms with Crippen LogP contribution in [0.15, 0.2) is 48.5 Å². The molecule has 1 amide bonds. The van der Waals surface area contributed by atoms with Crippen molar-refractivity contribution in [2.75, 3.05) is 33.9 Å². The molecule has 0 radical (unpaired) electrons. The first-order valence-corrected chi connectivity index (χ1v) is 9.01. The second-order valence-corrected chi connectivity index (χ2v) is 6.53. The molecule has 2 aromatic carbocycles. The SMILES string of the molecule is CNC(=O)c1ccc(OC[C@@H]2CNCC[C@H]2c2ccccc2)c(OC)c1. The third-order valence-corrected chi connectivity index (χ3v) is 4.94. The molecule has 5 nitrogen and oxygen atoms in total. The van der Waals surface area contributed by atoms with Gasteiger partial charge < -0.3 is 20.1 Å². The Hall–Kier alpha value is -2.53. The average Bonchev–Trinajstić information content (AvgIpc) is 2.72. The third-order valence-electron chi connectivity index (χ3n) is 4.94. The predicted molar refractivity (Wildman–Crippen MR) is 102 cm³/mol. The number of nitrogens with one attached hydrogen (secondary N) is 2. The number of benzene rings is 2. The summed E-state index contributed by atoms with van der Waals surface area (Å²) in [6.45, 7) is 2.56. The van der Waals surface area contributed by atoms with E-state index in [9.17, 15) is 4.79 Å². The number of methoxy groups -OCH3 is 1. The van der Waals surface area contributed by atoms with Crippen molar-refractivity contribution < 1.29 is 14.3 Å². The Bertz CT molecular complexity index is 733. The van der Waals surface area contributed by atoms with E-state index in [1.807, 2.05) is 0 Å². The van der Waals surface area contributed by atoms with Crippen molar-refractivity contribution in [2.45, 2.75) is 12.3 Å². The molecular weight excluding hydrogens is 328 g/mol. The normalized spacial score (nSPS) is 19.6. The van der Waals surface area contributed by atoms with Crippen molar-refractivity contribution in [1.29, 1.82) is 0 Å². The van der Waals surface area contributed by atoms with Crippen LogP contribution in [0.2, 0.25) is 0 Å². The van der Waals surface area contributed by atoms with Crippen molar-refractivity contribution in [3.05, 3.63) is 59.7 Å². The molecule has 3 rings (SSSR count). The monoisotopic (exact) mass is 354 g/mol. The van der Waals surface area contributed by atoms with Gasteiger partial charge in [-0.1, -0.05) is 30.3 Å². The van der Waals surface area contributed by atoms with E-state index in [0.29, 0.717) is 35.5 Å². The van der Waals surface area contributed by atoms with Crippen LogP contribution in [0.25, 0.3) is 0 Å². The van der Waals surface area contributed by atoms with Crippen LogP contribution in [0.1, 0.15) is 28.3 Å². The fraction of sp³-hybridized carbons (Fsp3) is 0.381. The molecule has 0 spiro atoms. The zero-order chi connectivity index (χ0) is 18.4. The second kappa shape index (κ2) is 8.72. The molecule has 1 heterocycles. The van der Waals surface area contributed by atoms with E-state index in [1.54, 1.807) is 32.4 Å². The Labute approximate surface area is 154 Å². The van der Waals surface area contributed by atoms with Gasteiger partial charge in [0.25, 0.3) is 5.91 Å². The molecule has 0 aliphatic carbocycles. The number of hydrogen-bond donors (Lipinski definition) is 2. The summed E-state index contributed by atoms with van der Waals surface area (Å²) in [6, 6.07) is 15.9. The maximum absolute atomic E-state index is 11.8. The molecule has 2 aromatic rings. The zero-order valence-corrected chi connectivity index (χ0v) is 15.3. The number of hydrogen-bond acceptors (Lipinski definition) is 4. The van der Waals surface area contributed by atoms with Crippen LogP contribution in [0.4, 0.5) is 0 Å². The quantitative estimate of drug-likeness (QED) is 0.837. The van der Waals surface area contributed by atoms with Crippen LogP contribution < -0.4 is 20.1 Å². The summed E-state index contributed by atoms with van der Waals surface area (Å²) in [7, 11) is 3.20. The predicted octanol–water partition coefficient (Wildman–Crippen LogP) is 2.83. The van der Waals surface area contributed by atoms with Crippen LogP contribution >= 0.6 is 0 Å². The standard InChI is InChI=1S/C21H26N2O3/c1-22-21(24)16-8-9-19(20(12-16)25-2)26-14-17-13-23-11-10-18(17)15-6-4-3-5-7-15/h3-9,12,17-18,23H,10-11,13-14H2,1-2H3,(H,22,24)/t17-,18-/m0/s1. The highest BCUT2D eigenvalue weighted by Crippen LogP contribution is 2.33. The minimum atomic E-state index is -0.143. The first-order valence-electron chi connectivity index (χ1n) is 9.01. The van der Waals surface area contributed by atoms with Gasteiger partial charge in [-0.25, -0.2) is 0 Å². The lowest BCUT2D eigenvalue weighted by Crippen LogP contribution is -2.38. The first-order chi connectivity index (χ1) is 12.7. The second-order valence-electron chi connectivity index (χ2n) is 6.53. The van der Waals surface area contributed by atoms with Gasteiger partial charge in [0.1, 0.15) is 0 Å². The Balaban J connectivity index is 1.71. The minimum absolute atomic E-state index is 0.143. The molecule has 2 atom stereocenters. The van der Waals surface area contributed by atoms with Crippen LogP contribution in [-0.4, -0.2) is 39.8 Å². The Morgan fingerprint density at radius 3 is 2.73 bits per heavy atom. The Morgan fingerprint density at radius 2 is 2.00 bits per heavy atom. The maximum atomic E-state index is 11.8. The van der Waals surface area contributed by atoms with Crippen molar-refractivity contribution in [3.8, 4) is 11.5 Å². The number of carbonyl (C=O) groups excluding carboxylic acids is 1. The van der Waals surface area contributed by atoms with E-state index >= 15 is 0 Å². The average molecular weight is 354 g/mol. The molecule has 2 N–H and O–H groups in total. The molecular formula is C21H26N2O3. The summed E-state index contributed by atoms with van der Waals surface area (Å²) >= 11 is 0. The fourth-order valence-electron chi connectivity index (χ4n) is 3.51. The van der Waals surface area contributed by atoms with Gasteiger partial charge in [-0.15, -0.1) is 0 Å². The molecule has 5 heteroatoms. The summed E-state index contributed by atoms with van der Waals surface area (Å²) in [6.07, 6.45) is 1.10. The Kier molecular flexibility index (Phi) is 6.12. The smallest absolute Gasteiger partial charge is 0.251 e. The molecule has 0 unspecified atom stereocenters. The fourth-order valence-corrected chi connectivity index (χ4v) is 3.51. The number of rotatable bonds is 6. The molecule has 1 aliphatic heterocycles. The summed E-state index contributed by atoms with van der Waals surface area (Å²) in [4.78, 5) is 11.8. The topological polar surface area (TPSA) is 59.6 Å². The summed E-state index contributed by atoms with van der Waals surface area (Å²) in [5.41, 5.74) is 1.92. The van der Waals surface area contributed by atoms with Crippen LogP contribution in [0.5, 0.6) is 11.5 Å². The Morgan fingerprint density at radius 1 is 1.19 bits per heavy atom. The summed E-state index contributed by atoms with van der Waals surface area (Å²) < 4.78 is 11.5. The number of ether oxygens (including phenoxy) is 2. The van der Waals surface area contributed by atoms with Crippen LogP contribution in [-0.2, 0) is 0 Å². The number of amides is 1. The maximum Gasteiger partial charge on any atom is 0.251 e. The van der Waals surface area contributed by atoms with E-state index in [0.717, 1.165) is 19.5 Å².